The molecular formula is C12H12FNO3. The minimum atomic E-state index is -1.18. The first kappa shape index (κ1) is 11.6. The van der Waals surface area contributed by atoms with Crippen LogP contribution in [0.5, 0.6) is 0 Å². The van der Waals surface area contributed by atoms with Gasteiger partial charge in [0.05, 0.1) is 5.60 Å². The van der Waals surface area contributed by atoms with Gasteiger partial charge in [-0.25, -0.2) is 9.18 Å². The second-order valence-electron chi connectivity index (χ2n) is 4.47. The molecule has 0 aliphatic heterocycles. The van der Waals surface area contributed by atoms with Gasteiger partial charge in [-0.15, -0.1) is 0 Å². The summed E-state index contributed by atoms with van der Waals surface area (Å²) in [6, 6.07) is 3.99. The number of nitrogens with one attached hydrogen (secondary N) is 1. The molecule has 0 fully saturated rings. The summed E-state index contributed by atoms with van der Waals surface area (Å²) in [7, 11) is 0. The number of halogens is 1. The number of rotatable bonds is 2. The maximum atomic E-state index is 13.7. The first-order valence-electron chi connectivity index (χ1n) is 5.07. The van der Waals surface area contributed by atoms with Gasteiger partial charge in [-0.05, 0) is 37.6 Å². The molecule has 0 aliphatic rings. The largest absolute Gasteiger partial charge is 0.477 e. The van der Waals surface area contributed by atoms with Gasteiger partial charge in [-0.3, -0.25) is 0 Å². The van der Waals surface area contributed by atoms with Crippen molar-refractivity contribution in [1.82, 2.24) is 4.98 Å². The lowest BCUT2D eigenvalue weighted by atomic mass is 9.97. The molecule has 2 aromatic rings. The SMILES string of the molecule is CC(C)(O)c1cc(F)c2cc(C(=O)O)[nH]c2c1. The third kappa shape index (κ3) is 2.01. The van der Waals surface area contributed by atoms with Crippen LogP contribution >= 0.6 is 0 Å². The van der Waals surface area contributed by atoms with Crippen LogP contribution in [-0.4, -0.2) is 21.2 Å². The Morgan fingerprint density at radius 2 is 2.00 bits per heavy atom. The minimum absolute atomic E-state index is 0.0770. The maximum absolute atomic E-state index is 13.7. The second kappa shape index (κ2) is 3.56. The number of aliphatic hydroxyl groups is 1. The summed E-state index contributed by atoms with van der Waals surface area (Å²) in [6.07, 6.45) is 0. The maximum Gasteiger partial charge on any atom is 0.352 e. The van der Waals surface area contributed by atoms with E-state index < -0.39 is 17.4 Å². The van der Waals surface area contributed by atoms with Gasteiger partial charge in [-0.2, -0.15) is 0 Å². The molecule has 5 heteroatoms. The lowest BCUT2D eigenvalue weighted by Crippen LogP contribution is -2.15. The van der Waals surface area contributed by atoms with Crippen molar-refractivity contribution in [1.29, 1.82) is 0 Å². The molecule has 0 atom stereocenters. The topological polar surface area (TPSA) is 73.3 Å². The Kier molecular flexibility index (Phi) is 2.43. The predicted octanol–water partition coefficient (Wildman–Crippen LogP) is 2.23. The lowest BCUT2D eigenvalue weighted by Gasteiger charge is -2.17. The van der Waals surface area contributed by atoms with Crippen molar-refractivity contribution >= 4 is 16.9 Å². The Labute approximate surface area is 96.7 Å². The number of benzene rings is 1. The van der Waals surface area contributed by atoms with Gasteiger partial charge in [0.1, 0.15) is 11.5 Å². The van der Waals surface area contributed by atoms with Crippen molar-refractivity contribution in [3.8, 4) is 0 Å². The van der Waals surface area contributed by atoms with Crippen molar-refractivity contribution in [3.63, 3.8) is 0 Å². The Balaban J connectivity index is 2.69. The van der Waals surface area contributed by atoms with Crippen LogP contribution in [0.15, 0.2) is 18.2 Å². The zero-order valence-corrected chi connectivity index (χ0v) is 9.41. The molecule has 0 bridgehead atoms. The summed E-state index contributed by atoms with van der Waals surface area (Å²) in [4.78, 5) is 13.4. The minimum Gasteiger partial charge on any atom is -0.477 e. The standard InChI is InChI=1S/C12H12FNO3/c1-12(2,17)6-3-8(13)7-5-10(11(15)16)14-9(7)4-6/h3-5,14,17H,1-2H3,(H,15,16). The molecular weight excluding hydrogens is 225 g/mol. The summed E-state index contributed by atoms with van der Waals surface area (Å²) < 4.78 is 13.7. The zero-order valence-electron chi connectivity index (χ0n) is 9.41. The van der Waals surface area contributed by atoms with Crippen molar-refractivity contribution in [2.24, 2.45) is 0 Å². The molecule has 4 nitrogen and oxygen atoms in total. The average Bonchev–Trinajstić information content (AvgIpc) is 2.60. The fourth-order valence-corrected chi connectivity index (χ4v) is 1.66. The number of hydrogen-bond acceptors (Lipinski definition) is 2. The molecule has 1 heterocycles. The Hall–Kier alpha value is -1.88. The first-order chi connectivity index (χ1) is 7.79. The smallest absolute Gasteiger partial charge is 0.352 e. The van der Waals surface area contributed by atoms with E-state index in [1.54, 1.807) is 6.07 Å². The van der Waals surface area contributed by atoms with Crippen LogP contribution in [0, 0.1) is 5.82 Å². The molecule has 3 N–H and O–H groups in total. The number of aromatic nitrogens is 1. The van der Waals surface area contributed by atoms with E-state index >= 15 is 0 Å². The van der Waals surface area contributed by atoms with Crippen LogP contribution in [0.2, 0.25) is 0 Å². The van der Waals surface area contributed by atoms with Gasteiger partial charge in [0.15, 0.2) is 0 Å². The summed E-state index contributed by atoms with van der Waals surface area (Å²) >= 11 is 0. The number of aromatic amines is 1. The van der Waals surface area contributed by atoms with Gasteiger partial charge in [-0.1, -0.05) is 0 Å². The van der Waals surface area contributed by atoms with E-state index in [1.807, 2.05) is 0 Å². The number of fused-ring (bicyclic) bond motifs is 1. The number of carbonyl (C=O) groups is 1. The summed E-state index contributed by atoms with van der Waals surface area (Å²) in [5.41, 5.74) is -0.503. The molecule has 17 heavy (non-hydrogen) atoms. The van der Waals surface area contributed by atoms with E-state index in [-0.39, 0.29) is 11.1 Å². The van der Waals surface area contributed by atoms with Crippen molar-refractivity contribution in [2.45, 2.75) is 19.4 Å². The number of carboxylic acid groups (broad SMARTS) is 1. The highest BCUT2D eigenvalue weighted by Gasteiger charge is 2.19. The highest BCUT2D eigenvalue weighted by Crippen LogP contribution is 2.27. The van der Waals surface area contributed by atoms with Gasteiger partial charge < -0.3 is 15.2 Å². The van der Waals surface area contributed by atoms with E-state index in [4.69, 9.17) is 5.11 Å². The first-order valence-corrected chi connectivity index (χ1v) is 5.07. The predicted molar refractivity (Wildman–Crippen MR) is 60.5 cm³/mol. The highest BCUT2D eigenvalue weighted by molar-refractivity contribution is 5.94. The molecule has 2 rings (SSSR count). The molecule has 0 spiro atoms. The second-order valence-corrected chi connectivity index (χ2v) is 4.47. The van der Waals surface area contributed by atoms with E-state index in [0.29, 0.717) is 11.1 Å². The van der Waals surface area contributed by atoms with Crippen LogP contribution in [0.3, 0.4) is 0 Å². The number of H-pyrrole nitrogens is 1. The summed E-state index contributed by atoms with van der Waals surface area (Å²) in [5.74, 6) is -1.70. The molecule has 1 aromatic heterocycles. The molecule has 1 aromatic carbocycles. The number of hydrogen-bond donors (Lipinski definition) is 3. The van der Waals surface area contributed by atoms with Crippen molar-refractivity contribution < 1.29 is 19.4 Å². The van der Waals surface area contributed by atoms with Crippen LogP contribution in [0.25, 0.3) is 10.9 Å². The van der Waals surface area contributed by atoms with E-state index in [2.05, 4.69) is 4.98 Å². The Morgan fingerprint density at radius 3 is 2.53 bits per heavy atom. The molecule has 90 valence electrons. The van der Waals surface area contributed by atoms with E-state index in [1.165, 1.54) is 26.0 Å². The van der Waals surface area contributed by atoms with Crippen LogP contribution in [0.1, 0.15) is 29.9 Å². The summed E-state index contributed by atoms with van der Waals surface area (Å²) in [6.45, 7) is 3.07. The van der Waals surface area contributed by atoms with Crippen LogP contribution < -0.4 is 0 Å². The van der Waals surface area contributed by atoms with Gasteiger partial charge in [0.25, 0.3) is 0 Å². The normalized spacial score (nSPS) is 12.0. The molecule has 0 radical (unpaired) electrons. The lowest BCUT2D eigenvalue weighted by molar-refractivity contribution is 0.0691. The average molecular weight is 237 g/mol. The summed E-state index contributed by atoms with van der Waals surface area (Å²) in [5, 5.41) is 18.8. The molecule has 0 amide bonds. The highest BCUT2D eigenvalue weighted by atomic mass is 19.1. The van der Waals surface area contributed by atoms with Crippen molar-refractivity contribution in [3.05, 3.63) is 35.3 Å². The molecule has 0 saturated carbocycles. The quantitative estimate of drug-likeness (QED) is 0.749. The third-order valence-electron chi connectivity index (χ3n) is 2.62. The Bertz CT molecular complexity index is 596. The molecule has 0 unspecified atom stereocenters. The van der Waals surface area contributed by atoms with Crippen molar-refractivity contribution in [2.75, 3.05) is 0 Å². The fraction of sp³-hybridized carbons (Fsp3) is 0.250. The van der Waals surface area contributed by atoms with Gasteiger partial charge in [0, 0.05) is 10.9 Å². The number of carboxylic acids is 1. The van der Waals surface area contributed by atoms with E-state index in [0.717, 1.165) is 0 Å². The van der Waals surface area contributed by atoms with Crippen LogP contribution in [-0.2, 0) is 5.60 Å². The van der Waals surface area contributed by atoms with Gasteiger partial charge in [0.2, 0.25) is 0 Å². The third-order valence-corrected chi connectivity index (χ3v) is 2.62. The van der Waals surface area contributed by atoms with Gasteiger partial charge >= 0.3 is 5.97 Å². The number of aromatic carboxylic acids is 1. The fourth-order valence-electron chi connectivity index (χ4n) is 1.66. The monoisotopic (exact) mass is 237 g/mol. The molecule has 0 saturated heterocycles. The zero-order chi connectivity index (χ0) is 12.8. The van der Waals surface area contributed by atoms with Crippen LogP contribution in [0.4, 0.5) is 4.39 Å². The van der Waals surface area contributed by atoms with E-state index in [9.17, 15) is 14.3 Å². The molecule has 0 aliphatic carbocycles. The Morgan fingerprint density at radius 1 is 1.35 bits per heavy atom.